The Labute approximate surface area is 128 Å². The largest absolute Gasteiger partial charge is 0.349 e. The predicted octanol–water partition coefficient (Wildman–Crippen LogP) is 2.12. The van der Waals surface area contributed by atoms with Crippen LogP contribution in [0.15, 0.2) is 29.5 Å². The number of nitrogens with one attached hydrogen (secondary N) is 2. The highest BCUT2D eigenvalue weighted by Gasteiger charge is 2.24. The number of nitrogens with zero attached hydrogens (tertiary/aromatic N) is 3. The second-order valence-electron chi connectivity index (χ2n) is 4.99. The molecule has 1 aromatic rings. The molecule has 0 spiro atoms. The Morgan fingerprint density at radius 1 is 1.18 bits per heavy atom. The van der Waals surface area contributed by atoms with Crippen molar-refractivity contribution in [2.24, 2.45) is 0 Å². The van der Waals surface area contributed by atoms with Crippen LogP contribution in [0.25, 0.3) is 0 Å². The van der Waals surface area contributed by atoms with Crippen LogP contribution in [0.5, 0.6) is 0 Å². The molecule has 0 atom stereocenters. The van der Waals surface area contributed by atoms with E-state index >= 15 is 0 Å². The Kier molecular flexibility index (Phi) is 4.41. The third-order valence-electron chi connectivity index (χ3n) is 3.26. The maximum Gasteiger partial charge on any atom is 0.251 e. The van der Waals surface area contributed by atoms with Crippen LogP contribution in [0.1, 0.15) is 28.8 Å². The number of aryl methyl sites for hydroxylation is 1. The smallest absolute Gasteiger partial charge is 0.251 e. The SMILES string of the molecule is Cc1ccc(C(=O)NC2CC2)cc1NC(C#N)=C(C#N)C#N. The highest BCUT2D eigenvalue weighted by molar-refractivity contribution is 5.95. The lowest BCUT2D eigenvalue weighted by Gasteiger charge is -2.11. The zero-order valence-corrected chi connectivity index (χ0v) is 12.0. The Balaban J connectivity index is 2.29. The molecule has 1 saturated carbocycles. The molecular formula is C16H13N5O. The molecule has 2 N–H and O–H groups in total. The molecular weight excluding hydrogens is 278 g/mol. The molecule has 2 rings (SSSR count). The summed E-state index contributed by atoms with van der Waals surface area (Å²) in [7, 11) is 0. The lowest BCUT2D eigenvalue weighted by atomic mass is 10.1. The van der Waals surface area contributed by atoms with Crippen LogP contribution in [-0.2, 0) is 0 Å². The number of hydrogen-bond acceptors (Lipinski definition) is 5. The summed E-state index contributed by atoms with van der Waals surface area (Å²) < 4.78 is 0. The fourth-order valence-electron chi connectivity index (χ4n) is 1.81. The average Bonchev–Trinajstić information content (AvgIpc) is 3.33. The number of nitriles is 3. The molecule has 1 amide bonds. The van der Waals surface area contributed by atoms with Gasteiger partial charge < -0.3 is 10.6 Å². The number of amides is 1. The molecule has 108 valence electrons. The van der Waals surface area contributed by atoms with Gasteiger partial charge in [0.2, 0.25) is 0 Å². The number of rotatable bonds is 4. The van der Waals surface area contributed by atoms with Gasteiger partial charge in [0.25, 0.3) is 5.91 Å². The highest BCUT2D eigenvalue weighted by Crippen LogP contribution is 2.22. The van der Waals surface area contributed by atoms with Gasteiger partial charge in [0.1, 0.15) is 23.9 Å². The maximum atomic E-state index is 12.0. The van der Waals surface area contributed by atoms with Crippen LogP contribution in [0, 0.1) is 40.9 Å². The molecule has 0 radical (unpaired) electrons. The van der Waals surface area contributed by atoms with Gasteiger partial charge in [-0.15, -0.1) is 0 Å². The number of carbonyl (C=O) groups excluding carboxylic acids is 1. The summed E-state index contributed by atoms with van der Waals surface area (Å²) in [6, 6.07) is 10.4. The van der Waals surface area contributed by atoms with Crippen LogP contribution < -0.4 is 10.6 Å². The molecule has 1 aliphatic carbocycles. The van der Waals surface area contributed by atoms with E-state index in [1.54, 1.807) is 43.3 Å². The number of benzene rings is 1. The van der Waals surface area contributed by atoms with Gasteiger partial charge in [0.15, 0.2) is 5.57 Å². The van der Waals surface area contributed by atoms with Crippen molar-refractivity contribution in [3.8, 4) is 18.2 Å². The van der Waals surface area contributed by atoms with E-state index in [-0.39, 0.29) is 23.2 Å². The topological polar surface area (TPSA) is 112 Å². The van der Waals surface area contributed by atoms with Gasteiger partial charge in [-0.2, -0.15) is 15.8 Å². The first kappa shape index (κ1) is 15.1. The van der Waals surface area contributed by atoms with Crippen molar-refractivity contribution in [2.45, 2.75) is 25.8 Å². The zero-order valence-electron chi connectivity index (χ0n) is 12.0. The molecule has 6 heteroatoms. The van der Waals surface area contributed by atoms with Crippen LogP contribution in [0.4, 0.5) is 5.69 Å². The van der Waals surface area contributed by atoms with Crippen LogP contribution >= 0.6 is 0 Å². The first-order valence-corrected chi connectivity index (χ1v) is 6.72. The van der Waals surface area contributed by atoms with E-state index in [1.165, 1.54) is 0 Å². The van der Waals surface area contributed by atoms with Gasteiger partial charge in [0.05, 0.1) is 0 Å². The molecule has 1 aromatic carbocycles. The van der Waals surface area contributed by atoms with Gasteiger partial charge in [-0.3, -0.25) is 4.79 Å². The lowest BCUT2D eigenvalue weighted by Crippen LogP contribution is -2.25. The lowest BCUT2D eigenvalue weighted by molar-refractivity contribution is 0.0951. The van der Waals surface area contributed by atoms with Crippen molar-refractivity contribution in [3.05, 3.63) is 40.6 Å². The Morgan fingerprint density at radius 3 is 2.41 bits per heavy atom. The molecule has 0 aromatic heterocycles. The van der Waals surface area contributed by atoms with Crippen molar-refractivity contribution in [1.29, 1.82) is 15.8 Å². The summed E-state index contributed by atoms with van der Waals surface area (Å²) in [6.07, 6.45) is 2.00. The Bertz CT molecular complexity index is 753. The molecule has 0 heterocycles. The van der Waals surface area contributed by atoms with Crippen molar-refractivity contribution in [2.75, 3.05) is 5.32 Å². The quantitative estimate of drug-likeness (QED) is 0.825. The summed E-state index contributed by atoms with van der Waals surface area (Å²) in [5.41, 5.74) is 1.35. The second-order valence-corrected chi connectivity index (χ2v) is 4.99. The molecule has 1 fully saturated rings. The Morgan fingerprint density at radius 2 is 1.86 bits per heavy atom. The van der Waals surface area contributed by atoms with E-state index in [2.05, 4.69) is 10.6 Å². The summed E-state index contributed by atoms with van der Waals surface area (Å²) >= 11 is 0. The van der Waals surface area contributed by atoms with Crippen molar-refractivity contribution < 1.29 is 4.79 Å². The first-order valence-electron chi connectivity index (χ1n) is 6.72. The van der Waals surface area contributed by atoms with E-state index in [9.17, 15) is 4.79 Å². The summed E-state index contributed by atoms with van der Waals surface area (Å²) in [6.45, 7) is 1.80. The van der Waals surface area contributed by atoms with E-state index in [0.29, 0.717) is 11.3 Å². The maximum absolute atomic E-state index is 12.0. The fraction of sp³-hybridized carbons (Fsp3) is 0.250. The number of hydrogen-bond donors (Lipinski definition) is 2. The van der Waals surface area contributed by atoms with Gasteiger partial charge in [-0.1, -0.05) is 6.07 Å². The minimum Gasteiger partial charge on any atom is -0.349 e. The van der Waals surface area contributed by atoms with E-state index in [0.717, 1.165) is 18.4 Å². The number of allylic oxidation sites excluding steroid dienone is 2. The fourth-order valence-corrected chi connectivity index (χ4v) is 1.81. The first-order chi connectivity index (χ1) is 10.6. The summed E-state index contributed by atoms with van der Waals surface area (Å²) in [5.74, 6) is -0.172. The van der Waals surface area contributed by atoms with E-state index < -0.39 is 0 Å². The minimum absolute atomic E-state index is 0.132. The van der Waals surface area contributed by atoms with Crippen LogP contribution in [0.2, 0.25) is 0 Å². The summed E-state index contributed by atoms with van der Waals surface area (Å²) in [5, 5.41) is 32.4. The zero-order chi connectivity index (χ0) is 16.1. The minimum atomic E-state index is -0.297. The van der Waals surface area contributed by atoms with Crippen molar-refractivity contribution in [1.82, 2.24) is 5.32 Å². The monoisotopic (exact) mass is 291 g/mol. The van der Waals surface area contributed by atoms with Gasteiger partial charge in [-0.05, 0) is 37.5 Å². The van der Waals surface area contributed by atoms with Crippen molar-refractivity contribution in [3.63, 3.8) is 0 Å². The van der Waals surface area contributed by atoms with Crippen molar-refractivity contribution >= 4 is 11.6 Å². The third kappa shape index (κ3) is 3.42. The predicted molar refractivity (Wildman–Crippen MR) is 79.2 cm³/mol. The second kappa shape index (κ2) is 6.43. The average molecular weight is 291 g/mol. The Hall–Kier alpha value is -3.30. The van der Waals surface area contributed by atoms with Crippen LogP contribution in [0.3, 0.4) is 0 Å². The van der Waals surface area contributed by atoms with E-state index in [1.807, 2.05) is 0 Å². The van der Waals surface area contributed by atoms with Gasteiger partial charge >= 0.3 is 0 Å². The molecule has 6 nitrogen and oxygen atoms in total. The molecule has 0 aliphatic heterocycles. The normalized spacial score (nSPS) is 12.3. The number of carbonyl (C=O) groups is 1. The van der Waals surface area contributed by atoms with Gasteiger partial charge in [0, 0.05) is 17.3 Å². The van der Waals surface area contributed by atoms with E-state index in [4.69, 9.17) is 15.8 Å². The molecule has 0 unspecified atom stereocenters. The highest BCUT2D eigenvalue weighted by atomic mass is 16.1. The molecule has 0 bridgehead atoms. The molecule has 1 aliphatic rings. The van der Waals surface area contributed by atoms with Gasteiger partial charge in [-0.25, -0.2) is 0 Å². The molecule has 22 heavy (non-hydrogen) atoms. The standard InChI is InChI=1S/C16H13N5O/c1-10-2-3-11(16(22)20-13-4-5-13)6-14(10)21-15(9-19)12(7-17)8-18/h2-3,6,13,21H,4-5H2,1H3,(H,20,22). The van der Waals surface area contributed by atoms with Crippen LogP contribution in [-0.4, -0.2) is 11.9 Å². The number of anilines is 1. The third-order valence-corrected chi connectivity index (χ3v) is 3.26. The molecule has 0 saturated heterocycles. The summed E-state index contributed by atoms with van der Waals surface area (Å²) in [4.78, 5) is 12.0.